The lowest BCUT2D eigenvalue weighted by atomic mass is 10.0. The standard InChI is InChI=1S/C25H23N5O3/c31-24(30-28-15-19-9-6-12-26-14-19)23(13-20-16-27-22-11-5-4-10-21(20)22)29-25(32)33-17-18-7-2-1-3-8-18/h1-12,14-16,23,27H,13,17H2,(H,29,32)(H,30,31). The molecule has 4 aromatic rings. The van der Waals surface area contributed by atoms with Gasteiger partial charge in [0, 0.05) is 41.5 Å². The number of aromatic nitrogens is 2. The van der Waals surface area contributed by atoms with E-state index in [1.54, 1.807) is 18.5 Å². The number of pyridine rings is 1. The number of carbonyl (C=O) groups is 2. The minimum atomic E-state index is -0.890. The summed E-state index contributed by atoms with van der Waals surface area (Å²) in [5, 5.41) is 7.64. The second-order valence-electron chi connectivity index (χ2n) is 7.34. The Kier molecular flexibility index (Phi) is 7.07. The third-order valence-electron chi connectivity index (χ3n) is 4.99. The van der Waals surface area contributed by atoms with Crippen molar-refractivity contribution in [2.24, 2.45) is 5.10 Å². The molecule has 0 aliphatic rings. The van der Waals surface area contributed by atoms with E-state index in [2.05, 4.69) is 25.8 Å². The number of nitrogens with one attached hydrogen (secondary N) is 3. The Balaban J connectivity index is 1.45. The van der Waals surface area contributed by atoms with Gasteiger partial charge in [-0.1, -0.05) is 54.6 Å². The van der Waals surface area contributed by atoms with Crippen LogP contribution in [-0.2, 0) is 22.6 Å². The predicted molar refractivity (Wildman–Crippen MR) is 126 cm³/mol. The van der Waals surface area contributed by atoms with Crippen molar-refractivity contribution in [2.75, 3.05) is 0 Å². The zero-order valence-electron chi connectivity index (χ0n) is 17.8. The number of amides is 2. The summed E-state index contributed by atoms with van der Waals surface area (Å²) in [4.78, 5) is 32.5. The molecule has 0 radical (unpaired) electrons. The first-order valence-corrected chi connectivity index (χ1v) is 10.4. The van der Waals surface area contributed by atoms with Crippen LogP contribution in [0.2, 0.25) is 0 Å². The minimum absolute atomic E-state index is 0.104. The molecule has 2 aromatic heterocycles. The van der Waals surface area contributed by atoms with Gasteiger partial charge < -0.3 is 15.0 Å². The number of benzene rings is 2. The van der Waals surface area contributed by atoms with E-state index in [-0.39, 0.29) is 13.0 Å². The molecule has 2 aromatic carbocycles. The second kappa shape index (κ2) is 10.7. The van der Waals surface area contributed by atoms with Crippen molar-refractivity contribution in [3.63, 3.8) is 0 Å². The molecule has 1 unspecified atom stereocenters. The number of hydrogen-bond acceptors (Lipinski definition) is 5. The number of ether oxygens (including phenoxy) is 1. The maximum atomic E-state index is 12.9. The highest BCUT2D eigenvalue weighted by molar-refractivity contribution is 5.89. The fourth-order valence-corrected chi connectivity index (χ4v) is 3.34. The van der Waals surface area contributed by atoms with Gasteiger partial charge in [-0.05, 0) is 23.3 Å². The summed E-state index contributed by atoms with van der Waals surface area (Å²) in [6.07, 6.45) is 6.17. The number of carbonyl (C=O) groups excluding carboxylic acids is 2. The van der Waals surface area contributed by atoms with Gasteiger partial charge in [0.15, 0.2) is 0 Å². The van der Waals surface area contributed by atoms with E-state index in [0.717, 1.165) is 27.6 Å². The largest absolute Gasteiger partial charge is 0.445 e. The summed E-state index contributed by atoms with van der Waals surface area (Å²) in [6.45, 7) is 0.104. The summed E-state index contributed by atoms with van der Waals surface area (Å²) in [5.41, 5.74) is 5.93. The maximum absolute atomic E-state index is 12.9. The number of H-pyrrole nitrogens is 1. The molecule has 0 aliphatic heterocycles. The van der Waals surface area contributed by atoms with Crippen molar-refractivity contribution in [2.45, 2.75) is 19.1 Å². The second-order valence-corrected chi connectivity index (χ2v) is 7.34. The number of alkyl carbamates (subject to hydrolysis) is 1. The number of hydrazone groups is 1. The SMILES string of the molecule is O=C(NC(Cc1c[nH]c2ccccc12)C(=O)NN=Cc1cccnc1)OCc1ccccc1. The first-order valence-electron chi connectivity index (χ1n) is 10.4. The van der Waals surface area contributed by atoms with E-state index in [4.69, 9.17) is 4.74 Å². The Hall–Kier alpha value is -4.46. The predicted octanol–water partition coefficient (Wildman–Crippen LogP) is 3.55. The molecule has 0 bridgehead atoms. The third-order valence-corrected chi connectivity index (χ3v) is 4.99. The van der Waals surface area contributed by atoms with E-state index in [1.165, 1.54) is 6.21 Å². The number of hydrogen-bond donors (Lipinski definition) is 3. The molecule has 0 saturated carbocycles. The van der Waals surface area contributed by atoms with Crippen molar-refractivity contribution in [3.8, 4) is 0 Å². The van der Waals surface area contributed by atoms with Gasteiger partial charge in [0.25, 0.3) is 5.91 Å². The zero-order chi connectivity index (χ0) is 22.9. The molecule has 0 aliphatic carbocycles. The first-order chi connectivity index (χ1) is 16.2. The number of rotatable bonds is 8. The average Bonchev–Trinajstić information content (AvgIpc) is 3.26. The molecule has 0 saturated heterocycles. The van der Waals surface area contributed by atoms with Gasteiger partial charge in [-0.25, -0.2) is 10.2 Å². The summed E-state index contributed by atoms with van der Waals surface area (Å²) in [5.74, 6) is -0.461. The van der Waals surface area contributed by atoms with Gasteiger partial charge in [0.1, 0.15) is 12.6 Å². The number of fused-ring (bicyclic) bond motifs is 1. The first kappa shape index (κ1) is 21.8. The van der Waals surface area contributed by atoms with Crippen molar-refractivity contribution in [3.05, 3.63) is 102 Å². The Morgan fingerprint density at radius 3 is 2.70 bits per heavy atom. The van der Waals surface area contributed by atoms with Crippen molar-refractivity contribution >= 4 is 29.1 Å². The van der Waals surface area contributed by atoms with Gasteiger partial charge in [-0.15, -0.1) is 0 Å². The lowest BCUT2D eigenvalue weighted by molar-refractivity contribution is -0.123. The topological polar surface area (TPSA) is 108 Å². The summed E-state index contributed by atoms with van der Waals surface area (Å²) in [6, 6.07) is 19.8. The Bertz CT molecular complexity index is 1240. The fraction of sp³-hybridized carbons (Fsp3) is 0.120. The van der Waals surface area contributed by atoms with Gasteiger partial charge in [0.05, 0.1) is 6.21 Å². The lowest BCUT2D eigenvalue weighted by Gasteiger charge is -2.17. The van der Waals surface area contributed by atoms with E-state index >= 15 is 0 Å². The molecule has 1 atom stereocenters. The van der Waals surface area contributed by atoms with Crippen LogP contribution in [0.25, 0.3) is 10.9 Å². The van der Waals surface area contributed by atoms with Crippen LogP contribution >= 0.6 is 0 Å². The number of para-hydroxylation sites is 1. The summed E-state index contributed by atoms with van der Waals surface area (Å²) in [7, 11) is 0. The van der Waals surface area contributed by atoms with Gasteiger partial charge in [-0.3, -0.25) is 9.78 Å². The molecule has 8 heteroatoms. The highest BCUT2D eigenvalue weighted by Crippen LogP contribution is 2.19. The minimum Gasteiger partial charge on any atom is -0.445 e. The monoisotopic (exact) mass is 441 g/mol. The average molecular weight is 441 g/mol. The van der Waals surface area contributed by atoms with Crippen LogP contribution in [0.5, 0.6) is 0 Å². The van der Waals surface area contributed by atoms with Crippen molar-refractivity contribution < 1.29 is 14.3 Å². The molecule has 3 N–H and O–H groups in total. The molecule has 0 spiro atoms. The normalized spacial score (nSPS) is 11.9. The van der Waals surface area contributed by atoms with Gasteiger partial charge in [0.2, 0.25) is 0 Å². The third kappa shape index (κ3) is 6.04. The van der Waals surface area contributed by atoms with E-state index < -0.39 is 18.0 Å². The summed E-state index contributed by atoms with van der Waals surface area (Å²) < 4.78 is 5.30. The van der Waals surface area contributed by atoms with Crippen LogP contribution in [0.15, 0.2) is 90.4 Å². The Morgan fingerprint density at radius 2 is 1.88 bits per heavy atom. The van der Waals surface area contributed by atoms with E-state index in [0.29, 0.717) is 0 Å². The van der Waals surface area contributed by atoms with Crippen LogP contribution < -0.4 is 10.7 Å². The smallest absolute Gasteiger partial charge is 0.408 e. The van der Waals surface area contributed by atoms with E-state index in [9.17, 15) is 9.59 Å². The molecule has 2 heterocycles. The van der Waals surface area contributed by atoms with Crippen molar-refractivity contribution in [1.82, 2.24) is 20.7 Å². The van der Waals surface area contributed by atoms with Crippen LogP contribution in [0.4, 0.5) is 4.79 Å². The zero-order valence-corrected chi connectivity index (χ0v) is 17.8. The number of nitrogens with zero attached hydrogens (tertiary/aromatic N) is 2. The molecule has 2 amide bonds. The van der Waals surface area contributed by atoms with Gasteiger partial charge >= 0.3 is 6.09 Å². The van der Waals surface area contributed by atoms with Crippen LogP contribution in [0, 0.1) is 0 Å². The molecule has 4 rings (SSSR count). The van der Waals surface area contributed by atoms with Crippen LogP contribution in [-0.4, -0.2) is 34.2 Å². The van der Waals surface area contributed by atoms with Gasteiger partial charge in [-0.2, -0.15) is 5.10 Å². The highest BCUT2D eigenvalue weighted by Gasteiger charge is 2.23. The quantitative estimate of drug-likeness (QED) is 0.287. The molecule has 33 heavy (non-hydrogen) atoms. The van der Waals surface area contributed by atoms with Crippen molar-refractivity contribution in [1.29, 1.82) is 0 Å². The molecule has 8 nitrogen and oxygen atoms in total. The molecule has 0 fully saturated rings. The fourth-order valence-electron chi connectivity index (χ4n) is 3.34. The van der Waals surface area contributed by atoms with Crippen LogP contribution in [0.3, 0.4) is 0 Å². The number of aromatic amines is 1. The maximum Gasteiger partial charge on any atom is 0.408 e. The highest BCUT2D eigenvalue weighted by atomic mass is 16.5. The van der Waals surface area contributed by atoms with Crippen LogP contribution in [0.1, 0.15) is 16.7 Å². The molecule has 166 valence electrons. The van der Waals surface area contributed by atoms with E-state index in [1.807, 2.05) is 66.9 Å². The molecular weight excluding hydrogens is 418 g/mol. The molecular formula is C25H23N5O3. The summed E-state index contributed by atoms with van der Waals surface area (Å²) >= 11 is 0. The lowest BCUT2D eigenvalue weighted by Crippen LogP contribution is -2.47. The Labute approximate surface area is 190 Å². The Morgan fingerprint density at radius 1 is 1.06 bits per heavy atom.